The fourth-order valence-corrected chi connectivity index (χ4v) is 1.89. The van der Waals surface area contributed by atoms with Gasteiger partial charge < -0.3 is 15.7 Å². The van der Waals surface area contributed by atoms with Crippen LogP contribution in [0.1, 0.15) is 16.8 Å². The molecule has 0 aliphatic carbocycles. The van der Waals surface area contributed by atoms with Gasteiger partial charge in [-0.3, -0.25) is 0 Å². The van der Waals surface area contributed by atoms with E-state index >= 15 is 0 Å². The molecule has 0 fully saturated rings. The lowest BCUT2D eigenvalue weighted by Gasteiger charge is -2.09. The third-order valence-electron chi connectivity index (χ3n) is 2.83. The van der Waals surface area contributed by atoms with Crippen LogP contribution in [0.5, 0.6) is 11.6 Å². The molecule has 0 radical (unpaired) electrons. The summed E-state index contributed by atoms with van der Waals surface area (Å²) in [6.45, 7) is 3.51. The molecule has 0 spiro atoms. The fraction of sp³-hybridized carbons (Fsp3) is 0.231. The fourth-order valence-electron chi connectivity index (χ4n) is 1.89. The van der Waals surface area contributed by atoms with E-state index in [0.717, 1.165) is 5.56 Å². The smallest absolute Gasteiger partial charge is 0.229 e. The van der Waals surface area contributed by atoms with Crippen LogP contribution in [0, 0.1) is 19.7 Å². The Morgan fingerprint density at radius 2 is 2.15 bits per heavy atom. The van der Waals surface area contributed by atoms with Crippen LogP contribution in [-0.4, -0.2) is 20.8 Å². The Bertz CT molecular complexity index is 679. The van der Waals surface area contributed by atoms with Crippen LogP contribution >= 0.6 is 0 Å². The van der Waals surface area contributed by atoms with E-state index in [1.54, 1.807) is 26.1 Å². The maximum Gasteiger partial charge on any atom is 0.229 e. The van der Waals surface area contributed by atoms with Gasteiger partial charge in [-0.05, 0) is 31.5 Å². The van der Waals surface area contributed by atoms with Crippen molar-refractivity contribution < 1.29 is 14.3 Å². The van der Waals surface area contributed by atoms with Gasteiger partial charge in [-0.15, -0.1) is 0 Å². The summed E-state index contributed by atoms with van der Waals surface area (Å²) in [4.78, 5) is 0. The van der Waals surface area contributed by atoms with E-state index in [1.807, 2.05) is 6.92 Å². The molecular formula is C13H15FN4O2. The zero-order valence-corrected chi connectivity index (χ0v) is 11.4. The van der Waals surface area contributed by atoms with Gasteiger partial charge in [0.2, 0.25) is 5.88 Å². The summed E-state index contributed by atoms with van der Waals surface area (Å²) in [5.74, 6) is -0.374. The third-order valence-corrected chi connectivity index (χ3v) is 2.83. The average molecular weight is 278 g/mol. The molecule has 1 aromatic heterocycles. The van der Waals surface area contributed by atoms with Crippen LogP contribution in [0.15, 0.2) is 23.4 Å². The van der Waals surface area contributed by atoms with Gasteiger partial charge in [-0.2, -0.15) is 5.10 Å². The molecule has 0 saturated carbocycles. The monoisotopic (exact) mass is 278 g/mol. The molecule has 0 unspecified atom stereocenters. The van der Waals surface area contributed by atoms with E-state index in [1.165, 1.54) is 10.7 Å². The molecule has 3 N–H and O–H groups in total. The van der Waals surface area contributed by atoms with Gasteiger partial charge in [0.1, 0.15) is 5.56 Å². The topological polar surface area (TPSA) is 85.7 Å². The van der Waals surface area contributed by atoms with Crippen molar-refractivity contribution in [3.05, 3.63) is 40.8 Å². The second-order valence-corrected chi connectivity index (χ2v) is 4.41. The molecule has 106 valence electrons. The minimum absolute atomic E-state index is 0.0555. The second-order valence-electron chi connectivity index (χ2n) is 4.41. The molecular weight excluding hydrogens is 263 g/mol. The number of rotatable bonds is 3. The summed E-state index contributed by atoms with van der Waals surface area (Å²) in [5.41, 5.74) is 7.31. The van der Waals surface area contributed by atoms with E-state index in [9.17, 15) is 4.39 Å². The highest BCUT2D eigenvalue weighted by atomic mass is 19.1. The number of oxime groups is 1. The minimum Gasteiger partial charge on any atom is -0.435 e. The van der Waals surface area contributed by atoms with E-state index in [-0.39, 0.29) is 17.5 Å². The van der Waals surface area contributed by atoms with Gasteiger partial charge >= 0.3 is 0 Å². The number of amidine groups is 1. The normalized spacial score (nSPS) is 11.7. The Balaban J connectivity index is 2.51. The largest absolute Gasteiger partial charge is 0.435 e. The van der Waals surface area contributed by atoms with Gasteiger partial charge in [0.05, 0.1) is 5.69 Å². The number of ether oxygens (including phenoxy) is 1. The first-order valence-electron chi connectivity index (χ1n) is 5.89. The Labute approximate surface area is 115 Å². The lowest BCUT2D eigenvalue weighted by molar-refractivity contribution is 0.318. The molecule has 0 amide bonds. The van der Waals surface area contributed by atoms with Crippen LogP contribution in [0.2, 0.25) is 0 Å². The Kier molecular flexibility index (Phi) is 3.60. The Morgan fingerprint density at radius 3 is 2.80 bits per heavy atom. The summed E-state index contributed by atoms with van der Waals surface area (Å²) in [6.07, 6.45) is 0. The molecule has 1 aromatic carbocycles. The van der Waals surface area contributed by atoms with Crippen molar-refractivity contribution >= 4 is 5.84 Å². The first-order chi connectivity index (χ1) is 9.43. The maximum atomic E-state index is 13.7. The molecule has 6 nitrogen and oxygen atoms in total. The van der Waals surface area contributed by atoms with Crippen molar-refractivity contribution in [2.75, 3.05) is 0 Å². The first-order valence-corrected chi connectivity index (χ1v) is 5.89. The van der Waals surface area contributed by atoms with Crippen molar-refractivity contribution in [1.82, 2.24) is 9.78 Å². The molecule has 1 heterocycles. The lowest BCUT2D eigenvalue weighted by Crippen LogP contribution is -2.15. The SMILES string of the molecule is Cc1ccc(F)c(Oc2c(C(N)=NO)c(C)nn2C)c1. The number of nitrogens with zero attached hydrogens (tertiary/aromatic N) is 3. The molecule has 0 aliphatic rings. The van der Waals surface area contributed by atoms with Crippen molar-refractivity contribution in [3.63, 3.8) is 0 Å². The number of aromatic nitrogens is 2. The van der Waals surface area contributed by atoms with Crippen LogP contribution in [0.25, 0.3) is 0 Å². The quantitative estimate of drug-likeness (QED) is 0.389. The number of hydrogen-bond acceptors (Lipinski definition) is 4. The number of benzene rings is 1. The third kappa shape index (κ3) is 2.42. The highest BCUT2D eigenvalue weighted by molar-refractivity contribution is 6.00. The zero-order valence-electron chi connectivity index (χ0n) is 11.4. The molecule has 7 heteroatoms. The highest BCUT2D eigenvalue weighted by Crippen LogP contribution is 2.29. The van der Waals surface area contributed by atoms with E-state index in [0.29, 0.717) is 11.3 Å². The number of aryl methyl sites for hydroxylation is 3. The minimum atomic E-state index is -0.500. The lowest BCUT2D eigenvalue weighted by atomic mass is 10.2. The number of hydrogen-bond donors (Lipinski definition) is 2. The van der Waals surface area contributed by atoms with E-state index < -0.39 is 5.82 Å². The molecule has 0 atom stereocenters. The number of halogens is 1. The maximum absolute atomic E-state index is 13.7. The Hall–Kier alpha value is -2.57. The summed E-state index contributed by atoms with van der Waals surface area (Å²) in [5, 5.41) is 15.9. The molecule has 20 heavy (non-hydrogen) atoms. The van der Waals surface area contributed by atoms with Crippen LogP contribution in [0.3, 0.4) is 0 Å². The number of nitrogens with two attached hydrogens (primary N) is 1. The molecule has 2 aromatic rings. The zero-order chi connectivity index (χ0) is 14.9. The van der Waals surface area contributed by atoms with Gasteiger partial charge in [0.25, 0.3) is 0 Å². The standard InChI is InChI=1S/C13H15FN4O2/c1-7-4-5-9(14)10(6-7)20-13-11(12(15)17-19)8(2)16-18(13)3/h4-6,19H,1-3H3,(H2,15,17). The second kappa shape index (κ2) is 5.20. The van der Waals surface area contributed by atoms with Crippen LogP contribution in [0.4, 0.5) is 4.39 Å². The van der Waals surface area contributed by atoms with Crippen molar-refractivity contribution in [2.45, 2.75) is 13.8 Å². The van der Waals surface area contributed by atoms with E-state index in [2.05, 4.69) is 10.3 Å². The molecule has 0 saturated heterocycles. The summed E-state index contributed by atoms with van der Waals surface area (Å²) >= 11 is 0. The predicted octanol–water partition coefficient (Wildman–Crippen LogP) is 2.06. The first kappa shape index (κ1) is 13.9. The van der Waals surface area contributed by atoms with Crippen LogP contribution in [-0.2, 0) is 7.05 Å². The highest BCUT2D eigenvalue weighted by Gasteiger charge is 2.20. The van der Waals surface area contributed by atoms with Gasteiger partial charge in [0, 0.05) is 7.05 Å². The summed E-state index contributed by atoms with van der Waals surface area (Å²) < 4.78 is 20.7. The van der Waals surface area contributed by atoms with Crippen LogP contribution < -0.4 is 10.5 Å². The van der Waals surface area contributed by atoms with Crippen molar-refractivity contribution in [1.29, 1.82) is 0 Å². The molecule has 0 bridgehead atoms. The molecule has 2 rings (SSSR count). The van der Waals surface area contributed by atoms with Gasteiger partial charge in [-0.1, -0.05) is 11.2 Å². The molecule has 0 aliphatic heterocycles. The Morgan fingerprint density at radius 1 is 1.45 bits per heavy atom. The van der Waals surface area contributed by atoms with E-state index in [4.69, 9.17) is 15.7 Å². The predicted molar refractivity (Wildman–Crippen MR) is 71.7 cm³/mol. The van der Waals surface area contributed by atoms with Gasteiger partial charge in [0.15, 0.2) is 17.4 Å². The van der Waals surface area contributed by atoms with Crippen molar-refractivity contribution in [2.24, 2.45) is 17.9 Å². The van der Waals surface area contributed by atoms with Gasteiger partial charge in [-0.25, -0.2) is 9.07 Å². The summed E-state index contributed by atoms with van der Waals surface area (Å²) in [6, 6.07) is 4.52. The summed E-state index contributed by atoms with van der Waals surface area (Å²) in [7, 11) is 1.63. The average Bonchev–Trinajstić information content (AvgIpc) is 2.68. The van der Waals surface area contributed by atoms with Crippen molar-refractivity contribution in [3.8, 4) is 11.6 Å².